The van der Waals surface area contributed by atoms with Gasteiger partial charge in [0.1, 0.15) is 5.78 Å². The number of rotatable bonds is 3. The third kappa shape index (κ3) is 4.93. The fourth-order valence-corrected chi connectivity index (χ4v) is 2.39. The number of Topliss-reactive ketones (excluding diaryl/α,β-unsaturated/α-hetero) is 1. The van der Waals surface area contributed by atoms with Gasteiger partial charge < -0.3 is 5.32 Å². The zero-order chi connectivity index (χ0) is 15.2. The Kier molecular flexibility index (Phi) is 5.44. The molecule has 0 aromatic heterocycles. The lowest BCUT2D eigenvalue weighted by Crippen LogP contribution is -2.26. The fourth-order valence-electron chi connectivity index (χ4n) is 2.23. The quantitative estimate of drug-likeness (QED) is 0.662. The van der Waals surface area contributed by atoms with Gasteiger partial charge in [0.25, 0.3) is 0 Å². The van der Waals surface area contributed by atoms with E-state index in [4.69, 9.17) is 12.2 Å². The maximum Gasteiger partial charge on any atom is 0.191 e. The molecule has 0 atom stereocenters. The standard InChI is InChI=1S/C16H21N3OS/c1-11(2)12-6-8-13(9-7-12)17-16(21)19-18-14-4-3-5-15(20)10-14/h6-9,11H,3-5,10H2,1-2H3,(H2,17,19,21)/b18-14+. The van der Waals surface area contributed by atoms with Crippen molar-refractivity contribution < 1.29 is 4.79 Å². The van der Waals surface area contributed by atoms with Gasteiger partial charge in [-0.2, -0.15) is 5.10 Å². The Bertz CT molecular complexity index is 549. The number of nitrogens with one attached hydrogen (secondary N) is 2. The SMILES string of the molecule is CC(C)c1ccc(NC(=S)N/N=C2\CCCC(=O)C2)cc1. The normalized spacial score (nSPS) is 17.1. The van der Waals surface area contributed by atoms with Gasteiger partial charge in [0.15, 0.2) is 5.11 Å². The first kappa shape index (κ1) is 15.6. The topological polar surface area (TPSA) is 53.5 Å². The largest absolute Gasteiger partial charge is 0.331 e. The molecule has 4 nitrogen and oxygen atoms in total. The summed E-state index contributed by atoms with van der Waals surface area (Å²) in [4.78, 5) is 11.3. The lowest BCUT2D eigenvalue weighted by atomic mass is 9.97. The number of benzene rings is 1. The molecule has 1 aromatic rings. The lowest BCUT2D eigenvalue weighted by Gasteiger charge is -2.13. The first-order chi connectivity index (χ1) is 10.0. The van der Waals surface area contributed by atoms with Crippen molar-refractivity contribution in [1.29, 1.82) is 0 Å². The molecule has 1 aromatic carbocycles. The molecule has 112 valence electrons. The highest BCUT2D eigenvalue weighted by Crippen LogP contribution is 2.17. The molecule has 0 radical (unpaired) electrons. The van der Waals surface area contributed by atoms with Gasteiger partial charge in [-0.1, -0.05) is 26.0 Å². The number of hydrogen-bond donors (Lipinski definition) is 2. The van der Waals surface area contributed by atoms with Gasteiger partial charge >= 0.3 is 0 Å². The van der Waals surface area contributed by atoms with Crippen LogP contribution in [0, 0.1) is 0 Å². The van der Waals surface area contributed by atoms with Crippen molar-refractivity contribution in [2.75, 3.05) is 5.32 Å². The Hall–Kier alpha value is -1.75. The Labute approximate surface area is 131 Å². The zero-order valence-corrected chi connectivity index (χ0v) is 13.3. The summed E-state index contributed by atoms with van der Waals surface area (Å²) in [5, 5.41) is 7.75. The molecule has 1 saturated carbocycles. The van der Waals surface area contributed by atoms with Crippen LogP contribution < -0.4 is 10.7 Å². The van der Waals surface area contributed by atoms with Gasteiger partial charge in [-0.25, -0.2) is 0 Å². The molecular formula is C16H21N3OS. The molecule has 1 aliphatic rings. The van der Waals surface area contributed by atoms with Gasteiger partial charge in [0.2, 0.25) is 0 Å². The van der Waals surface area contributed by atoms with Crippen LogP contribution in [0.15, 0.2) is 29.4 Å². The molecule has 1 aliphatic carbocycles. The summed E-state index contributed by atoms with van der Waals surface area (Å²) in [6.45, 7) is 4.33. The fraction of sp³-hybridized carbons (Fsp3) is 0.438. The minimum absolute atomic E-state index is 0.255. The number of hydrogen-bond acceptors (Lipinski definition) is 3. The summed E-state index contributed by atoms with van der Waals surface area (Å²) in [6.07, 6.45) is 2.86. The number of carbonyl (C=O) groups excluding carboxylic acids is 1. The third-order valence-corrected chi connectivity index (χ3v) is 3.67. The average molecular weight is 303 g/mol. The molecule has 0 unspecified atom stereocenters. The van der Waals surface area contributed by atoms with E-state index >= 15 is 0 Å². The van der Waals surface area contributed by atoms with E-state index in [2.05, 4.69) is 41.8 Å². The monoisotopic (exact) mass is 303 g/mol. The van der Waals surface area contributed by atoms with E-state index in [1.807, 2.05) is 12.1 Å². The van der Waals surface area contributed by atoms with Crippen molar-refractivity contribution in [3.8, 4) is 0 Å². The molecule has 5 heteroatoms. The third-order valence-electron chi connectivity index (χ3n) is 3.47. The van der Waals surface area contributed by atoms with Crippen LogP contribution in [-0.2, 0) is 4.79 Å². The maximum absolute atomic E-state index is 11.3. The second-order valence-corrected chi connectivity index (χ2v) is 6.00. The number of hydrazone groups is 1. The second kappa shape index (κ2) is 7.31. The van der Waals surface area contributed by atoms with E-state index in [9.17, 15) is 4.79 Å². The number of carbonyl (C=O) groups is 1. The average Bonchev–Trinajstić information content (AvgIpc) is 2.46. The minimum atomic E-state index is 0.255. The molecule has 2 rings (SSSR count). The predicted octanol–water partition coefficient (Wildman–Crippen LogP) is 3.60. The molecule has 2 N–H and O–H groups in total. The second-order valence-electron chi connectivity index (χ2n) is 5.59. The van der Waals surface area contributed by atoms with Crippen molar-refractivity contribution >= 4 is 34.5 Å². The van der Waals surface area contributed by atoms with Gasteiger partial charge in [-0.15, -0.1) is 0 Å². The Morgan fingerprint density at radius 3 is 2.57 bits per heavy atom. The highest BCUT2D eigenvalue weighted by Gasteiger charge is 2.14. The Morgan fingerprint density at radius 2 is 1.95 bits per heavy atom. The van der Waals surface area contributed by atoms with Crippen molar-refractivity contribution in [1.82, 2.24) is 5.43 Å². The van der Waals surface area contributed by atoms with Crippen LogP contribution in [0.3, 0.4) is 0 Å². The molecule has 0 bridgehead atoms. The highest BCUT2D eigenvalue weighted by molar-refractivity contribution is 7.80. The van der Waals surface area contributed by atoms with Gasteiger partial charge in [-0.3, -0.25) is 10.2 Å². The first-order valence-corrected chi connectivity index (χ1v) is 7.69. The molecule has 0 amide bonds. The van der Waals surface area contributed by atoms with E-state index < -0.39 is 0 Å². The van der Waals surface area contributed by atoms with Crippen LogP contribution in [0.2, 0.25) is 0 Å². The smallest absolute Gasteiger partial charge is 0.191 e. The van der Waals surface area contributed by atoms with E-state index in [1.165, 1.54) is 5.56 Å². The van der Waals surface area contributed by atoms with E-state index in [1.54, 1.807) is 0 Å². The lowest BCUT2D eigenvalue weighted by molar-refractivity contribution is -0.118. The number of ketones is 1. The Morgan fingerprint density at radius 1 is 1.24 bits per heavy atom. The predicted molar refractivity (Wildman–Crippen MR) is 90.8 cm³/mol. The van der Waals surface area contributed by atoms with E-state index in [0.29, 0.717) is 23.9 Å². The number of nitrogens with zero attached hydrogens (tertiary/aromatic N) is 1. The van der Waals surface area contributed by atoms with Crippen molar-refractivity contribution in [3.63, 3.8) is 0 Å². The van der Waals surface area contributed by atoms with Crippen LogP contribution in [0.5, 0.6) is 0 Å². The molecule has 0 aliphatic heterocycles. The molecule has 0 spiro atoms. The summed E-state index contributed by atoms with van der Waals surface area (Å²) >= 11 is 5.20. The van der Waals surface area contributed by atoms with Crippen molar-refractivity contribution in [2.24, 2.45) is 5.10 Å². The van der Waals surface area contributed by atoms with E-state index in [0.717, 1.165) is 24.2 Å². The van der Waals surface area contributed by atoms with Gasteiger partial charge in [-0.05, 0) is 48.7 Å². The number of anilines is 1. The van der Waals surface area contributed by atoms with Crippen LogP contribution in [0.1, 0.15) is 51.0 Å². The molecule has 1 fully saturated rings. The summed E-state index contributed by atoms with van der Waals surface area (Å²) in [5.41, 5.74) is 5.91. The highest BCUT2D eigenvalue weighted by atomic mass is 32.1. The van der Waals surface area contributed by atoms with Crippen molar-refractivity contribution in [3.05, 3.63) is 29.8 Å². The molecule has 0 saturated heterocycles. The number of thiocarbonyl (C=S) groups is 1. The van der Waals surface area contributed by atoms with Gasteiger partial charge in [0, 0.05) is 24.2 Å². The molecule has 0 heterocycles. The maximum atomic E-state index is 11.3. The molecular weight excluding hydrogens is 282 g/mol. The summed E-state index contributed by atoms with van der Waals surface area (Å²) in [6, 6.07) is 8.17. The van der Waals surface area contributed by atoms with Crippen LogP contribution in [0.4, 0.5) is 5.69 Å². The summed E-state index contributed by atoms with van der Waals surface area (Å²) in [5.74, 6) is 0.768. The first-order valence-electron chi connectivity index (χ1n) is 7.28. The van der Waals surface area contributed by atoms with Crippen LogP contribution in [-0.4, -0.2) is 16.6 Å². The molecule has 21 heavy (non-hydrogen) atoms. The minimum Gasteiger partial charge on any atom is -0.331 e. The summed E-state index contributed by atoms with van der Waals surface area (Å²) in [7, 11) is 0. The Balaban J connectivity index is 1.86. The summed E-state index contributed by atoms with van der Waals surface area (Å²) < 4.78 is 0. The van der Waals surface area contributed by atoms with Crippen LogP contribution in [0.25, 0.3) is 0 Å². The van der Waals surface area contributed by atoms with E-state index in [-0.39, 0.29) is 5.78 Å². The van der Waals surface area contributed by atoms with Crippen molar-refractivity contribution in [2.45, 2.75) is 45.4 Å². The van der Waals surface area contributed by atoms with Crippen LogP contribution >= 0.6 is 12.2 Å². The zero-order valence-electron chi connectivity index (χ0n) is 12.5. The van der Waals surface area contributed by atoms with Gasteiger partial charge in [0.05, 0.1) is 0 Å².